The number of thiol groups is 2. The molecule has 0 saturated heterocycles. The second-order valence-electron chi connectivity index (χ2n) is 2.07. The third-order valence-corrected chi connectivity index (χ3v) is 2.20. The molecule has 64 valence electrons. The van der Waals surface area contributed by atoms with Gasteiger partial charge in [0.15, 0.2) is 0 Å². The van der Waals surface area contributed by atoms with Crippen molar-refractivity contribution in [1.29, 1.82) is 0 Å². The summed E-state index contributed by atoms with van der Waals surface area (Å²) in [6.07, 6.45) is 3.67. The van der Waals surface area contributed by atoms with Crippen LogP contribution in [-0.4, -0.2) is 16.3 Å². The average Bonchev–Trinajstić information content (AvgIpc) is 2.33. The molecular weight excluding hydrogens is 190 g/mol. The van der Waals surface area contributed by atoms with Crippen LogP contribution in [0.5, 0.6) is 0 Å². The topological polar surface area (TPSA) is 30.2 Å². The zero-order valence-electron chi connectivity index (χ0n) is 6.60. The molecule has 0 fully saturated rings. The van der Waals surface area contributed by atoms with E-state index in [0.29, 0.717) is 16.0 Å². The van der Waals surface area contributed by atoms with Crippen molar-refractivity contribution in [1.82, 2.24) is 9.55 Å². The number of hydrogen-bond acceptors (Lipinski definition) is 4. The van der Waals surface area contributed by atoms with Gasteiger partial charge in [-0.1, -0.05) is 6.08 Å². The van der Waals surface area contributed by atoms with Crippen molar-refractivity contribution in [3.63, 3.8) is 0 Å². The predicted octanol–water partition coefficient (Wildman–Crippen LogP) is 2.28. The number of allylic oxidation sites excluding steroid dienone is 1. The van der Waals surface area contributed by atoms with E-state index < -0.39 is 0 Å². The SMILES string of the molecule is C=Nc1nc(S)c(S)n1/C=C\C. The maximum atomic E-state index is 4.21. The van der Waals surface area contributed by atoms with E-state index in [1.54, 1.807) is 10.8 Å². The fourth-order valence-corrected chi connectivity index (χ4v) is 1.20. The predicted molar refractivity (Wildman–Crippen MR) is 56.9 cm³/mol. The summed E-state index contributed by atoms with van der Waals surface area (Å²) >= 11 is 8.31. The van der Waals surface area contributed by atoms with Gasteiger partial charge in [-0.15, -0.1) is 25.3 Å². The first-order valence-corrected chi connectivity index (χ1v) is 4.19. The Morgan fingerprint density at radius 2 is 2.25 bits per heavy atom. The van der Waals surface area contributed by atoms with Gasteiger partial charge in [-0.2, -0.15) is 0 Å². The molecule has 0 aliphatic carbocycles. The van der Waals surface area contributed by atoms with Crippen molar-refractivity contribution in [3.8, 4) is 0 Å². The second-order valence-corrected chi connectivity index (χ2v) is 2.92. The number of hydrogen-bond donors (Lipinski definition) is 2. The van der Waals surface area contributed by atoms with Crippen LogP contribution in [0.3, 0.4) is 0 Å². The summed E-state index contributed by atoms with van der Waals surface area (Å²) in [6.45, 7) is 5.29. The Bertz CT molecular complexity index is 328. The quantitative estimate of drug-likeness (QED) is 0.555. The first-order chi connectivity index (χ1) is 5.70. The first-order valence-electron chi connectivity index (χ1n) is 3.30. The lowest BCUT2D eigenvalue weighted by Gasteiger charge is -1.96. The highest BCUT2D eigenvalue weighted by Gasteiger charge is 2.07. The molecule has 0 aromatic carbocycles. The Morgan fingerprint density at radius 1 is 1.58 bits per heavy atom. The molecule has 0 aliphatic rings. The second kappa shape index (κ2) is 3.82. The summed E-state index contributed by atoms with van der Waals surface area (Å²) in [5.41, 5.74) is 0. The highest BCUT2D eigenvalue weighted by molar-refractivity contribution is 7.83. The molecule has 0 amide bonds. The van der Waals surface area contributed by atoms with Crippen LogP contribution < -0.4 is 0 Å². The lowest BCUT2D eigenvalue weighted by molar-refractivity contribution is 0.983. The van der Waals surface area contributed by atoms with Crippen LogP contribution in [0.15, 0.2) is 21.1 Å². The van der Waals surface area contributed by atoms with Crippen molar-refractivity contribution in [2.24, 2.45) is 4.99 Å². The van der Waals surface area contributed by atoms with Gasteiger partial charge in [0.2, 0.25) is 5.95 Å². The molecule has 0 bridgehead atoms. The fourth-order valence-electron chi connectivity index (χ4n) is 0.799. The van der Waals surface area contributed by atoms with E-state index in [-0.39, 0.29) is 0 Å². The summed E-state index contributed by atoms with van der Waals surface area (Å²) in [5, 5.41) is 1.22. The molecule has 5 heteroatoms. The van der Waals surface area contributed by atoms with Gasteiger partial charge in [-0.05, 0) is 13.6 Å². The van der Waals surface area contributed by atoms with Crippen LogP contribution in [0.1, 0.15) is 6.92 Å². The van der Waals surface area contributed by atoms with Crippen molar-refractivity contribution in [2.75, 3.05) is 0 Å². The average molecular weight is 199 g/mol. The van der Waals surface area contributed by atoms with Crippen molar-refractivity contribution in [2.45, 2.75) is 17.0 Å². The van der Waals surface area contributed by atoms with Crippen LogP contribution in [0.2, 0.25) is 0 Å². The van der Waals surface area contributed by atoms with Gasteiger partial charge in [-0.3, -0.25) is 4.57 Å². The van der Waals surface area contributed by atoms with E-state index in [1.165, 1.54) is 0 Å². The minimum absolute atomic E-state index is 0.503. The molecule has 0 unspecified atom stereocenters. The number of rotatable bonds is 2. The summed E-state index contributed by atoms with van der Waals surface area (Å²) in [5.74, 6) is 0.503. The van der Waals surface area contributed by atoms with Gasteiger partial charge < -0.3 is 0 Å². The van der Waals surface area contributed by atoms with Crippen molar-refractivity contribution in [3.05, 3.63) is 6.08 Å². The Labute approximate surface area is 82.0 Å². The third-order valence-electron chi connectivity index (χ3n) is 1.29. The van der Waals surface area contributed by atoms with Crippen molar-refractivity contribution >= 4 is 44.1 Å². The fraction of sp³-hybridized carbons (Fsp3) is 0.143. The van der Waals surface area contributed by atoms with E-state index in [1.807, 2.05) is 13.0 Å². The lowest BCUT2D eigenvalue weighted by Crippen LogP contribution is -1.84. The normalized spacial score (nSPS) is 10.9. The molecular formula is C7H9N3S2. The monoisotopic (exact) mass is 199 g/mol. The molecule has 1 aromatic heterocycles. The Morgan fingerprint density at radius 3 is 2.75 bits per heavy atom. The van der Waals surface area contributed by atoms with Crippen LogP contribution in [0.4, 0.5) is 5.95 Å². The smallest absolute Gasteiger partial charge is 0.235 e. The first kappa shape index (κ1) is 9.41. The van der Waals surface area contributed by atoms with Crippen LogP contribution in [0.25, 0.3) is 6.20 Å². The molecule has 0 atom stereocenters. The van der Waals surface area contributed by atoms with Crippen LogP contribution in [-0.2, 0) is 0 Å². The van der Waals surface area contributed by atoms with Crippen molar-refractivity contribution < 1.29 is 0 Å². The molecule has 0 radical (unpaired) electrons. The summed E-state index contributed by atoms with van der Waals surface area (Å²) < 4.78 is 1.71. The molecule has 0 N–H and O–H groups in total. The zero-order valence-corrected chi connectivity index (χ0v) is 8.39. The number of imidazole rings is 1. The molecule has 3 nitrogen and oxygen atoms in total. The van der Waals surface area contributed by atoms with Gasteiger partial charge in [0.05, 0.1) is 0 Å². The highest BCUT2D eigenvalue weighted by atomic mass is 32.1. The number of aliphatic imine (C=N–C) groups is 1. The molecule has 0 aliphatic heterocycles. The molecule has 12 heavy (non-hydrogen) atoms. The van der Waals surface area contributed by atoms with E-state index in [4.69, 9.17) is 0 Å². The van der Waals surface area contributed by atoms with Gasteiger partial charge in [0.25, 0.3) is 0 Å². The van der Waals surface area contributed by atoms with Crippen LogP contribution in [0, 0.1) is 0 Å². The molecule has 0 spiro atoms. The number of aromatic nitrogens is 2. The minimum Gasteiger partial charge on any atom is -0.278 e. The molecule has 1 aromatic rings. The Balaban J connectivity index is 3.30. The largest absolute Gasteiger partial charge is 0.278 e. The van der Waals surface area contributed by atoms with E-state index >= 15 is 0 Å². The zero-order chi connectivity index (χ0) is 9.14. The summed E-state index contributed by atoms with van der Waals surface area (Å²) in [4.78, 5) is 7.74. The summed E-state index contributed by atoms with van der Waals surface area (Å²) in [7, 11) is 0. The maximum absolute atomic E-state index is 4.21. The maximum Gasteiger partial charge on any atom is 0.235 e. The van der Waals surface area contributed by atoms with E-state index in [2.05, 4.69) is 42.0 Å². The van der Waals surface area contributed by atoms with Gasteiger partial charge >= 0.3 is 0 Å². The third kappa shape index (κ3) is 1.56. The molecule has 1 heterocycles. The van der Waals surface area contributed by atoms with Gasteiger partial charge in [-0.25, -0.2) is 9.98 Å². The van der Waals surface area contributed by atoms with Crippen LogP contribution >= 0.6 is 25.3 Å². The minimum atomic E-state index is 0.503. The summed E-state index contributed by atoms with van der Waals surface area (Å²) in [6, 6.07) is 0. The number of nitrogens with zero attached hydrogens (tertiary/aromatic N) is 3. The Kier molecular flexibility index (Phi) is 2.99. The van der Waals surface area contributed by atoms with Gasteiger partial charge in [0.1, 0.15) is 10.1 Å². The molecule has 1 rings (SSSR count). The van der Waals surface area contributed by atoms with E-state index in [9.17, 15) is 0 Å². The lowest BCUT2D eigenvalue weighted by atomic mass is 10.7. The van der Waals surface area contributed by atoms with E-state index in [0.717, 1.165) is 0 Å². The molecule has 0 saturated carbocycles. The van der Waals surface area contributed by atoms with Gasteiger partial charge in [0, 0.05) is 6.20 Å². The Hall–Kier alpha value is -0.680. The standard InChI is InChI=1S/C7H9N3S2/c1-3-4-10-6(12)5(11)9-7(10)8-2/h3-4,11-12H,2H2,1H3/b4-3-. The highest BCUT2D eigenvalue weighted by Crippen LogP contribution is 2.24.